The normalized spacial score (nSPS) is 23.0. The SMILES string of the molecule is CC1NC(C(=O)O)Cc2c1[nH]c1ccc(F)cc21. The fourth-order valence-corrected chi connectivity index (χ4v) is 2.64. The van der Waals surface area contributed by atoms with Crippen molar-refractivity contribution in [1.82, 2.24) is 10.3 Å². The summed E-state index contributed by atoms with van der Waals surface area (Å²) in [6.45, 7) is 1.90. The fourth-order valence-electron chi connectivity index (χ4n) is 2.64. The minimum Gasteiger partial charge on any atom is -0.480 e. The van der Waals surface area contributed by atoms with Crippen LogP contribution in [0.5, 0.6) is 0 Å². The Labute approximate surface area is 103 Å². The van der Waals surface area contributed by atoms with Gasteiger partial charge in [-0.3, -0.25) is 10.1 Å². The monoisotopic (exact) mass is 248 g/mol. The summed E-state index contributed by atoms with van der Waals surface area (Å²) < 4.78 is 13.3. The maximum atomic E-state index is 13.3. The highest BCUT2D eigenvalue weighted by Gasteiger charge is 2.30. The van der Waals surface area contributed by atoms with E-state index in [1.165, 1.54) is 12.1 Å². The van der Waals surface area contributed by atoms with E-state index in [2.05, 4.69) is 10.3 Å². The van der Waals surface area contributed by atoms with Crippen molar-refractivity contribution in [2.75, 3.05) is 0 Å². The van der Waals surface area contributed by atoms with Gasteiger partial charge in [-0.05, 0) is 30.7 Å². The van der Waals surface area contributed by atoms with Crippen LogP contribution in [0.3, 0.4) is 0 Å². The van der Waals surface area contributed by atoms with Gasteiger partial charge in [0.1, 0.15) is 11.9 Å². The standard InChI is InChI=1S/C13H13FN2O2/c1-6-12-9(5-11(15-6)13(17)18)8-4-7(14)2-3-10(8)16-12/h2-4,6,11,15-16H,5H2,1H3,(H,17,18). The molecule has 0 amide bonds. The molecule has 0 saturated carbocycles. The molecule has 2 aromatic rings. The second kappa shape index (κ2) is 3.81. The molecule has 0 bridgehead atoms. The van der Waals surface area contributed by atoms with Crippen molar-refractivity contribution in [3.63, 3.8) is 0 Å². The zero-order valence-corrected chi connectivity index (χ0v) is 9.83. The molecule has 4 nitrogen and oxygen atoms in total. The molecule has 1 aromatic heterocycles. The molecule has 1 aliphatic rings. The number of rotatable bonds is 1. The highest BCUT2D eigenvalue weighted by molar-refractivity contribution is 5.86. The smallest absolute Gasteiger partial charge is 0.321 e. The number of hydrogen-bond donors (Lipinski definition) is 3. The fraction of sp³-hybridized carbons (Fsp3) is 0.308. The summed E-state index contributed by atoms with van der Waals surface area (Å²) in [6.07, 6.45) is 0.373. The first-order valence-electron chi connectivity index (χ1n) is 5.85. The van der Waals surface area contributed by atoms with Crippen LogP contribution in [0.1, 0.15) is 24.2 Å². The van der Waals surface area contributed by atoms with Crippen molar-refractivity contribution in [3.05, 3.63) is 35.3 Å². The van der Waals surface area contributed by atoms with Crippen molar-refractivity contribution < 1.29 is 14.3 Å². The quantitative estimate of drug-likeness (QED) is 0.723. The molecule has 0 fully saturated rings. The number of aromatic nitrogens is 1. The third kappa shape index (κ3) is 1.59. The van der Waals surface area contributed by atoms with Crippen molar-refractivity contribution in [2.45, 2.75) is 25.4 Å². The van der Waals surface area contributed by atoms with Crippen molar-refractivity contribution in [2.24, 2.45) is 0 Å². The minimum atomic E-state index is -0.877. The Balaban J connectivity index is 2.18. The van der Waals surface area contributed by atoms with Gasteiger partial charge in [-0.15, -0.1) is 0 Å². The second-order valence-electron chi connectivity index (χ2n) is 4.69. The number of aromatic amines is 1. The molecule has 1 aliphatic heterocycles. The molecule has 3 rings (SSSR count). The van der Waals surface area contributed by atoms with Crippen LogP contribution in [-0.2, 0) is 11.2 Å². The van der Waals surface area contributed by atoms with Gasteiger partial charge in [-0.25, -0.2) is 4.39 Å². The number of carbonyl (C=O) groups is 1. The third-order valence-electron chi connectivity index (χ3n) is 3.49. The number of H-pyrrole nitrogens is 1. The van der Waals surface area contributed by atoms with Gasteiger partial charge in [-0.1, -0.05) is 0 Å². The van der Waals surface area contributed by atoms with Crippen molar-refractivity contribution in [3.8, 4) is 0 Å². The van der Waals surface area contributed by atoms with Gasteiger partial charge >= 0.3 is 5.97 Å². The predicted molar refractivity (Wildman–Crippen MR) is 64.9 cm³/mol. The van der Waals surface area contributed by atoms with Gasteiger partial charge in [0, 0.05) is 29.1 Å². The van der Waals surface area contributed by atoms with Gasteiger partial charge in [-0.2, -0.15) is 0 Å². The summed E-state index contributed by atoms with van der Waals surface area (Å²) in [6, 6.07) is 3.85. The van der Waals surface area contributed by atoms with E-state index in [1.54, 1.807) is 6.07 Å². The van der Waals surface area contributed by atoms with Gasteiger partial charge in [0.05, 0.1) is 0 Å². The number of carboxylic acid groups (broad SMARTS) is 1. The van der Waals surface area contributed by atoms with Crippen LogP contribution in [0.2, 0.25) is 0 Å². The molecule has 0 aliphatic carbocycles. The second-order valence-corrected chi connectivity index (χ2v) is 4.69. The van der Waals surface area contributed by atoms with E-state index in [0.717, 1.165) is 22.2 Å². The van der Waals surface area contributed by atoms with Crippen LogP contribution >= 0.6 is 0 Å². The van der Waals surface area contributed by atoms with Crippen LogP contribution in [-0.4, -0.2) is 22.1 Å². The summed E-state index contributed by atoms with van der Waals surface area (Å²) in [7, 11) is 0. The lowest BCUT2D eigenvalue weighted by molar-refractivity contribution is -0.139. The minimum absolute atomic E-state index is 0.0784. The van der Waals surface area contributed by atoms with E-state index in [9.17, 15) is 9.18 Å². The number of halogens is 1. The molecule has 2 heterocycles. The van der Waals surface area contributed by atoms with E-state index in [-0.39, 0.29) is 11.9 Å². The summed E-state index contributed by atoms with van der Waals surface area (Å²) >= 11 is 0. The van der Waals surface area contributed by atoms with E-state index >= 15 is 0 Å². The number of hydrogen-bond acceptors (Lipinski definition) is 2. The summed E-state index contributed by atoms with van der Waals surface area (Å²) in [5, 5.41) is 12.9. The molecular weight excluding hydrogens is 235 g/mol. The molecule has 2 atom stereocenters. The number of carboxylic acids is 1. The number of benzene rings is 1. The van der Waals surface area contributed by atoms with Crippen LogP contribution in [0, 0.1) is 5.82 Å². The lowest BCUT2D eigenvalue weighted by Crippen LogP contribution is -2.43. The first kappa shape index (κ1) is 11.2. The van der Waals surface area contributed by atoms with Crippen molar-refractivity contribution in [1.29, 1.82) is 0 Å². The summed E-state index contributed by atoms with van der Waals surface area (Å²) in [5.41, 5.74) is 2.71. The molecule has 0 radical (unpaired) electrons. The van der Waals surface area contributed by atoms with E-state index in [4.69, 9.17) is 5.11 Å². The highest BCUT2D eigenvalue weighted by atomic mass is 19.1. The van der Waals surface area contributed by atoms with E-state index < -0.39 is 12.0 Å². The number of fused-ring (bicyclic) bond motifs is 3. The molecule has 0 saturated heterocycles. The average Bonchev–Trinajstić information content (AvgIpc) is 2.68. The Kier molecular flexibility index (Phi) is 2.38. The highest BCUT2D eigenvalue weighted by Crippen LogP contribution is 2.31. The zero-order valence-electron chi connectivity index (χ0n) is 9.83. The topological polar surface area (TPSA) is 65.1 Å². The molecule has 94 valence electrons. The molecule has 18 heavy (non-hydrogen) atoms. The van der Waals surface area contributed by atoms with Gasteiger partial charge in [0.2, 0.25) is 0 Å². The average molecular weight is 248 g/mol. The maximum Gasteiger partial charge on any atom is 0.321 e. The maximum absolute atomic E-state index is 13.3. The Morgan fingerprint density at radius 2 is 2.28 bits per heavy atom. The van der Waals surface area contributed by atoms with Gasteiger partial charge in [0.25, 0.3) is 0 Å². The lowest BCUT2D eigenvalue weighted by atomic mass is 9.95. The number of aliphatic carboxylic acids is 1. The third-order valence-corrected chi connectivity index (χ3v) is 3.49. The Morgan fingerprint density at radius 1 is 1.50 bits per heavy atom. The molecule has 5 heteroatoms. The van der Waals surface area contributed by atoms with Crippen LogP contribution in [0.4, 0.5) is 4.39 Å². The predicted octanol–water partition coefficient (Wildman–Crippen LogP) is 1.97. The van der Waals surface area contributed by atoms with Crippen LogP contribution in [0.25, 0.3) is 10.9 Å². The van der Waals surface area contributed by atoms with E-state index in [0.29, 0.717) is 6.42 Å². The van der Waals surface area contributed by atoms with Crippen LogP contribution in [0.15, 0.2) is 18.2 Å². The van der Waals surface area contributed by atoms with Crippen molar-refractivity contribution >= 4 is 16.9 Å². The van der Waals surface area contributed by atoms with Gasteiger partial charge in [0.15, 0.2) is 0 Å². The summed E-state index contributed by atoms with van der Waals surface area (Å²) in [4.78, 5) is 14.3. The molecule has 0 spiro atoms. The van der Waals surface area contributed by atoms with E-state index in [1.807, 2.05) is 6.92 Å². The zero-order chi connectivity index (χ0) is 12.9. The Morgan fingerprint density at radius 3 is 3.00 bits per heavy atom. The first-order valence-corrected chi connectivity index (χ1v) is 5.85. The molecule has 2 unspecified atom stereocenters. The Bertz CT molecular complexity index is 635. The lowest BCUT2D eigenvalue weighted by Gasteiger charge is -2.26. The largest absolute Gasteiger partial charge is 0.480 e. The Hall–Kier alpha value is -1.88. The molecular formula is C13H13FN2O2. The molecule has 3 N–H and O–H groups in total. The first-order chi connectivity index (χ1) is 8.56. The summed E-state index contributed by atoms with van der Waals surface area (Å²) in [5.74, 6) is -1.18. The van der Waals surface area contributed by atoms with Crippen LogP contribution < -0.4 is 5.32 Å². The number of nitrogens with one attached hydrogen (secondary N) is 2. The van der Waals surface area contributed by atoms with Gasteiger partial charge < -0.3 is 10.1 Å². The molecule has 1 aromatic carbocycles.